The molecule has 1 atom stereocenters. The van der Waals surface area contributed by atoms with Crippen LogP contribution in [0.25, 0.3) is 17.1 Å². The van der Waals surface area contributed by atoms with Gasteiger partial charge in [0.05, 0.1) is 5.25 Å². The van der Waals surface area contributed by atoms with Gasteiger partial charge in [0.1, 0.15) is 0 Å². The normalized spacial score (nSPS) is 11.8. The van der Waals surface area contributed by atoms with Crippen molar-refractivity contribution < 1.29 is 4.79 Å². The SMILES string of the molecule is CC(Sc1nnc(-c2ccccc2)n1-c1ccccc1)C(=O)NCc1ccccc1. The van der Waals surface area contributed by atoms with E-state index in [2.05, 4.69) is 15.5 Å². The molecule has 0 spiro atoms. The molecule has 1 amide bonds. The smallest absolute Gasteiger partial charge is 0.233 e. The number of benzene rings is 3. The topological polar surface area (TPSA) is 59.8 Å². The third kappa shape index (κ3) is 4.60. The molecule has 0 radical (unpaired) electrons. The number of rotatable bonds is 7. The minimum atomic E-state index is -0.316. The monoisotopic (exact) mass is 414 g/mol. The molecule has 1 unspecified atom stereocenters. The van der Waals surface area contributed by atoms with Crippen LogP contribution >= 0.6 is 11.8 Å². The molecular formula is C24H22N4OS. The van der Waals surface area contributed by atoms with E-state index < -0.39 is 0 Å². The second kappa shape index (κ2) is 9.41. The zero-order valence-electron chi connectivity index (χ0n) is 16.6. The number of hydrogen-bond acceptors (Lipinski definition) is 4. The Kier molecular flexibility index (Phi) is 6.25. The summed E-state index contributed by atoms with van der Waals surface area (Å²) in [5.74, 6) is 0.717. The van der Waals surface area contributed by atoms with Crippen LogP contribution in [0, 0.1) is 0 Å². The largest absolute Gasteiger partial charge is 0.351 e. The number of aromatic nitrogens is 3. The zero-order valence-corrected chi connectivity index (χ0v) is 17.4. The summed E-state index contributed by atoms with van der Waals surface area (Å²) in [7, 11) is 0. The summed E-state index contributed by atoms with van der Waals surface area (Å²) in [6.45, 7) is 2.39. The lowest BCUT2D eigenvalue weighted by Crippen LogP contribution is -2.30. The average Bonchev–Trinajstić information content (AvgIpc) is 3.22. The number of carbonyl (C=O) groups excluding carboxylic acids is 1. The van der Waals surface area contributed by atoms with Gasteiger partial charge in [-0.2, -0.15) is 0 Å². The van der Waals surface area contributed by atoms with Gasteiger partial charge >= 0.3 is 0 Å². The van der Waals surface area contributed by atoms with E-state index in [-0.39, 0.29) is 11.2 Å². The number of hydrogen-bond donors (Lipinski definition) is 1. The van der Waals surface area contributed by atoms with E-state index in [1.807, 2.05) is 102 Å². The first kappa shape index (κ1) is 19.9. The van der Waals surface area contributed by atoms with E-state index in [4.69, 9.17) is 0 Å². The van der Waals surface area contributed by atoms with Crippen molar-refractivity contribution >= 4 is 17.7 Å². The van der Waals surface area contributed by atoms with E-state index in [9.17, 15) is 4.79 Å². The van der Waals surface area contributed by atoms with Crippen molar-refractivity contribution in [2.75, 3.05) is 0 Å². The predicted molar refractivity (Wildman–Crippen MR) is 120 cm³/mol. The van der Waals surface area contributed by atoms with Crippen molar-refractivity contribution in [3.05, 3.63) is 96.6 Å². The highest BCUT2D eigenvalue weighted by Crippen LogP contribution is 2.30. The number of amides is 1. The molecule has 30 heavy (non-hydrogen) atoms. The van der Waals surface area contributed by atoms with Crippen LogP contribution in [0.1, 0.15) is 12.5 Å². The molecule has 1 aromatic heterocycles. The first-order chi connectivity index (χ1) is 14.7. The number of para-hydroxylation sites is 1. The van der Waals surface area contributed by atoms with E-state index in [1.54, 1.807) is 0 Å². The fourth-order valence-electron chi connectivity index (χ4n) is 3.07. The molecule has 4 rings (SSSR count). The molecule has 0 saturated heterocycles. The summed E-state index contributed by atoms with van der Waals surface area (Å²) < 4.78 is 2.00. The van der Waals surface area contributed by atoms with Gasteiger partial charge in [-0.05, 0) is 24.6 Å². The van der Waals surface area contributed by atoms with Crippen LogP contribution in [0.2, 0.25) is 0 Å². The molecule has 4 aromatic rings. The fraction of sp³-hybridized carbons (Fsp3) is 0.125. The Bertz CT molecular complexity index is 1100. The molecule has 0 fully saturated rings. The lowest BCUT2D eigenvalue weighted by atomic mass is 10.2. The van der Waals surface area contributed by atoms with Gasteiger partial charge in [-0.25, -0.2) is 0 Å². The van der Waals surface area contributed by atoms with Crippen LogP contribution in [0.4, 0.5) is 0 Å². The van der Waals surface area contributed by atoms with E-state index >= 15 is 0 Å². The van der Waals surface area contributed by atoms with Crippen LogP contribution in [0.15, 0.2) is 96.2 Å². The maximum Gasteiger partial charge on any atom is 0.233 e. The molecule has 0 aliphatic heterocycles. The Balaban J connectivity index is 1.56. The van der Waals surface area contributed by atoms with Gasteiger partial charge in [-0.1, -0.05) is 90.6 Å². The van der Waals surface area contributed by atoms with Crippen molar-refractivity contribution in [2.24, 2.45) is 0 Å². The Morgan fingerprint density at radius 3 is 2.17 bits per heavy atom. The summed E-state index contributed by atoms with van der Waals surface area (Å²) in [5.41, 5.74) is 3.00. The van der Waals surface area contributed by atoms with Gasteiger partial charge in [-0.15, -0.1) is 10.2 Å². The van der Waals surface area contributed by atoms with Crippen LogP contribution in [0.5, 0.6) is 0 Å². The summed E-state index contributed by atoms with van der Waals surface area (Å²) in [4.78, 5) is 12.7. The molecule has 1 N–H and O–H groups in total. The minimum Gasteiger partial charge on any atom is -0.351 e. The van der Waals surface area contributed by atoms with Crippen LogP contribution in [-0.4, -0.2) is 25.9 Å². The number of thioether (sulfide) groups is 1. The Morgan fingerprint density at radius 1 is 0.900 bits per heavy atom. The van der Waals surface area contributed by atoms with Gasteiger partial charge in [0.15, 0.2) is 11.0 Å². The summed E-state index contributed by atoms with van der Waals surface area (Å²) in [5, 5.41) is 12.2. The first-order valence-corrected chi connectivity index (χ1v) is 10.6. The van der Waals surface area contributed by atoms with Crippen LogP contribution < -0.4 is 5.32 Å². The molecule has 0 bridgehead atoms. The summed E-state index contributed by atoms with van der Waals surface area (Å²) >= 11 is 1.40. The highest BCUT2D eigenvalue weighted by Gasteiger charge is 2.21. The van der Waals surface area contributed by atoms with Crippen molar-refractivity contribution in [1.29, 1.82) is 0 Å². The minimum absolute atomic E-state index is 0.0345. The molecule has 6 heteroatoms. The predicted octanol–water partition coefficient (Wildman–Crippen LogP) is 4.73. The number of carbonyl (C=O) groups is 1. The maximum absolute atomic E-state index is 12.7. The third-order valence-electron chi connectivity index (χ3n) is 4.64. The molecule has 3 aromatic carbocycles. The molecule has 0 saturated carbocycles. The third-order valence-corrected chi connectivity index (χ3v) is 5.68. The molecule has 5 nitrogen and oxygen atoms in total. The second-order valence-electron chi connectivity index (χ2n) is 6.81. The lowest BCUT2D eigenvalue weighted by molar-refractivity contribution is -0.120. The van der Waals surface area contributed by atoms with Gasteiger partial charge in [-0.3, -0.25) is 9.36 Å². The Hall–Kier alpha value is -3.38. The van der Waals surface area contributed by atoms with Gasteiger partial charge in [0.2, 0.25) is 5.91 Å². The summed E-state index contributed by atoms with van der Waals surface area (Å²) in [6.07, 6.45) is 0. The van der Waals surface area contributed by atoms with Gasteiger partial charge in [0, 0.05) is 17.8 Å². The van der Waals surface area contributed by atoms with Crippen molar-refractivity contribution in [3.63, 3.8) is 0 Å². The molecule has 150 valence electrons. The standard InChI is InChI=1S/C24H22N4OS/c1-18(23(29)25-17-19-11-5-2-6-12-19)30-24-27-26-22(20-13-7-3-8-14-20)28(24)21-15-9-4-10-16-21/h2-16,18H,17H2,1H3,(H,25,29). The second-order valence-corrected chi connectivity index (χ2v) is 8.11. The number of nitrogens with zero attached hydrogens (tertiary/aromatic N) is 3. The van der Waals surface area contributed by atoms with Gasteiger partial charge < -0.3 is 5.32 Å². The number of nitrogens with one attached hydrogen (secondary N) is 1. The maximum atomic E-state index is 12.7. The average molecular weight is 415 g/mol. The van der Waals surface area contributed by atoms with Crippen molar-refractivity contribution in [2.45, 2.75) is 23.9 Å². The highest BCUT2D eigenvalue weighted by atomic mass is 32.2. The van der Waals surface area contributed by atoms with Crippen molar-refractivity contribution in [3.8, 4) is 17.1 Å². The van der Waals surface area contributed by atoms with Crippen LogP contribution in [-0.2, 0) is 11.3 Å². The quantitative estimate of drug-likeness (QED) is 0.444. The fourth-order valence-corrected chi connectivity index (χ4v) is 3.96. The first-order valence-electron chi connectivity index (χ1n) is 9.77. The van der Waals surface area contributed by atoms with E-state index in [1.165, 1.54) is 11.8 Å². The van der Waals surface area contributed by atoms with Crippen molar-refractivity contribution in [1.82, 2.24) is 20.1 Å². The molecule has 0 aliphatic rings. The summed E-state index contributed by atoms with van der Waals surface area (Å²) in [6, 6.07) is 29.8. The Labute approximate surface area is 180 Å². The Morgan fingerprint density at radius 2 is 1.50 bits per heavy atom. The van der Waals surface area contributed by atoms with Crippen LogP contribution in [0.3, 0.4) is 0 Å². The van der Waals surface area contributed by atoms with E-state index in [0.717, 1.165) is 22.6 Å². The van der Waals surface area contributed by atoms with E-state index in [0.29, 0.717) is 11.7 Å². The molecule has 1 heterocycles. The zero-order chi connectivity index (χ0) is 20.8. The highest BCUT2D eigenvalue weighted by molar-refractivity contribution is 8.00. The molecular weight excluding hydrogens is 392 g/mol. The lowest BCUT2D eigenvalue weighted by Gasteiger charge is -2.14. The van der Waals surface area contributed by atoms with Gasteiger partial charge in [0.25, 0.3) is 0 Å². The molecule has 0 aliphatic carbocycles.